The van der Waals surface area contributed by atoms with E-state index in [-0.39, 0.29) is 10.8 Å². The van der Waals surface area contributed by atoms with Gasteiger partial charge in [0.1, 0.15) is 0 Å². The molecule has 0 unspecified atom stereocenters. The standard InChI is InChI=1S/C22H26N4O/c1-21(2)10-17-19(18(27)11-21)22(16-12-23-25-20(16)24-17)13-26(14-22)9-8-15-6-4-3-5-7-15/h3-7,24H,8-14H2,1-2H3. The summed E-state index contributed by atoms with van der Waals surface area (Å²) in [6.07, 6.45) is 2.59. The van der Waals surface area contributed by atoms with Gasteiger partial charge in [0.05, 0.1) is 12.0 Å². The molecule has 0 aromatic heterocycles. The number of nitrogens with one attached hydrogen (secondary N) is 1. The van der Waals surface area contributed by atoms with Crippen LogP contribution in [0, 0.1) is 10.8 Å². The van der Waals surface area contributed by atoms with Gasteiger partial charge < -0.3 is 10.2 Å². The Kier molecular flexibility index (Phi) is 3.66. The molecule has 0 atom stereocenters. The number of carbonyl (C=O) groups excluding carboxylic acids is 1. The van der Waals surface area contributed by atoms with Crippen molar-refractivity contribution in [3.8, 4) is 0 Å². The van der Waals surface area contributed by atoms with Crippen molar-refractivity contribution in [2.24, 2.45) is 21.1 Å². The number of hydrogen-bond donors (Lipinski definition) is 1. The molecule has 3 heterocycles. The Bertz CT molecular complexity index is 888. The number of ketones is 1. The zero-order chi connectivity index (χ0) is 18.6. The van der Waals surface area contributed by atoms with E-state index in [0.717, 1.165) is 49.6 Å². The van der Waals surface area contributed by atoms with Crippen molar-refractivity contribution in [2.75, 3.05) is 26.2 Å². The van der Waals surface area contributed by atoms with Crippen LogP contribution < -0.4 is 5.32 Å². The Morgan fingerprint density at radius 2 is 1.93 bits per heavy atom. The van der Waals surface area contributed by atoms with Crippen LogP contribution in [0.25, 0.3) is 0 Å². The number of dihydropyridines is 1. The Morgan fingerprint density at radius 1 is 1.15 bits per heavy atom. The van der Waals surface area contributed by atoms with Gasteiger partial charge in [-0.15, -0.1) is 5.11 Å². The fourth-order valence-electron chi connectivity index (χ4n) is 5.22. The van der Waals surface area contributed by atoms with Crippen LogP contribution in [0.5, 0.6) is 0 Å². The number of Topliss-reactive ketones (excluding diaryl/α,β-unsaturated/α-hetero) is 1. The van der Waals surface area contributed by atoms with Gasteiger partial charge in [0.15, 0.2) is 11.6 Å². The van der Waals surface area contributed by atoms with Gasteiger partial charge in [-0.2, -0.15) is 5.11 Å². The van der Waals surface area contributed by atoms with E-state index in [2.05, 4.69) is 64.6 Å². The van der Waals surface area contributed by atoms with Gasteiger partial charge in [-0.05, 0) is 23.8 Å². The fraction of sp³-hybridized carbons (Fsp3) is 0.500. The van der Waals surface area contributed by atoms with Gasteiger partial charge in [0, 0.05) is 42.9 Å². The molecule has 1 N–H and O–H groups in total. The highest BCUT2D eigenvalue weighted by atomic mass is 16.1. The molecule has 5 nitrogen and oxygen atoms in total. The van der Waals surface area contributed by atoms with E-state index >= 15 is 0 Å². The molecular weight excluding hydrogens is 336 g/mol. The predicted molar refractivity (Wildman–Crippen MR) is 104 cm³/mol. The van der Waals surface area contributed by atoms with Crippen molar-refractivity contribution < 1.29 is 4.79 Å². The highest BCUT2D eigenvalue weighted by Gasteiger charge is 2.56. The minimum atomic E-state index is -0.163. The average Bonchev–Trinajstić information content (AvgIpc) is 3.05. The maximum atomic E-state index is 13.1. The third kappa shape index (κ3) is 2.67. The van der Waals surface area contributed by atoms with Crippen LogP contribution in [0.2, 0.25) is 0 Å². The fourth-order valence-corrected chi connectivity index (χ4v) is 5.22. The Hall–Kier alpha value is -2.27. The molecule has 0 amide bonds. The van der Waals surface area contributed by atoms with Gasteiger partial charge >= 0.3 is 0 Å². The summed E-state index contributed by atoms with van der Waals surface area (Å²) in [6, 6.07) is 10.6. The van der Waals surface area contributed by atoms with Crippen molar-refractivity contribution in [1.29, 1.82) is 0 Å². The number of fused-ring (bicyclic) bond motifs is 2. The summed E-state index contributed by atoms with van der Waals surface area (Å²) in [6.45, 7) is 7.83. The van der Waals surface area contributed by atoms with Crippen molar-refractivity contribution in [3.05, 3.63) is 58.6 Å². The summed E-state index contributed by atoms with van der Waals surface area (Å²) in [4.78, 5) is 15.6. The van der Waals surface area contributed by atoms with Crippen molar-refractivity contribution in [3.63, 3.8) is 0 Å². The molecule has 1 aromatic carbocycles. The van der Waals surface area contributed by atoms with Gasteiger partial charge in [-0.3, -0.25) is 4.79 Å². The molecule has 1 aliphatic carbocycles. The SMILES string of the molecule is CC1(C)CC(=O)C2=C(C1)NC1=C(CN=N1)C21CN(CCc2ccccc2)C1. The zero-order valence-electron chi connectivity index (χ0n) is 16.1. The number of allylic oxidation sites excluding steroid dienone is 1. The first-order valence-electron chi connectivity index (χ1n) is 9.88. The quantitative estimate of drug-likeness (QED) is 0.896. The van der Waals surface area contributed by atoms with E-state index in [9.17, 15) is 4.79 Å². The molecular formula is C22H26N4O. The average molecular weight is 362 g/mol. The summed E-state index contributed by atoms with van der Waals surface area (Å²) in [5.41, 5.74) is 4.57. The third-order valence-corrected chi connectivity index (χ3v) is 6.43. The van der Waals surface area contributed by atoms with Crippen LogP contribution in [0.3, 0.4) is 0 Å². The molecule has 0 bridgehead atoms. The van der Waals surface area contributed by atoms with E-state index < -0.39 is 0 Å². The smallest absolute Gasteiger partial charge is 0.162 e. The molecule has 1 fully saturated rings. The molecule has 3 aliphatic heterocycles. The molecule has 27 heavy (non-hydrogen) atoms. The number of rotatable bonds is 3. The lowest BCUT2D eigenvalue weighted by molar-refractivity contribution is -0.120. The summed E-state index contributed by atoms with van der Waals surface area (Å²) < 4.78 is 0. The summed E-state index contributed by atoms with van der Waals surface area (Å²) >= 11 is 0. The van der Waals surface area contributed by atoms with Gasteiger partial charge in [-0.1, -0.05) is 44.2 Å². The molecule has 1 saturated heterocycles. The zero-order valence-corrected chi connectivity index (χ0v) is 16.1. The first-order valence-corrected chi connectivity index (χ1v) is 9.88. The number of hydrogen-bond acceptors (Lipinski definition) is 5. The molecule has 4 aliphatic rings. The van der Waals surface area contributed by atoms with E-state index in [1.165, 1.54) is 11.1 Å². The number of likely N-dealkylation sites (tertiary alicyclic amines) is 1. The van der Waals surface area contributed by atoms with Crippen LogP contribution in [-0.2, 0) is 11.2 Å². The summed E-state index contributed by atoms with van der Waals surface area (Å²) in [5.74, 6) is 1.22. The van der Waals surface area contributed by atoms with Gasteiger partial charge in [0.2, 0.25) is 0 Å². The molecule has 1 spiro atoms. The Morgan fingerprint density at radius 3 is 2.70 bits per heavy atom. The highest BCUT2D eigenvalue weighted by molar-refractivity contribution is 6.00. The topological polar surface area (TPSA) is 57.1 Å². The maximum absolute atomic E-state index is 13.1. The van der Waals surface area contributed by atoms with E-state index in [4.69, 9.17) is 0 Å². The predicted octanol–water partition coefficient (Wildman–Crippen LogP) is 3.45. The van der Waals surface area contributed by atoms with Crippen LogP contribution in [0.15, 0.2) is 63.2 Å². The first-order chi connectivity index (χ1) is 13.0. The molecule has 0 radical (unpaired) electrons. The minimum Gasteiger partial charge on any atom is -0.342 e. The van der Waals surface area contributed by atoms with Gasteiger partial charge in [0.25, 0.3) is 0 Å². The molecule has 1 aromatic rings. The van der Waals surface area contributed by atoms with Crippen molar-refractivity contribution in [2.45, 2.75) is 33.1 Å². The second kappa shape index (κ2) is 5.86. The van der Waals surface area contributed by atoms with E-state index in [1.54, 1.807) is 0 Å². The number of nitrogens with zero attached hydrogens (tertiary/aromatic N) is 3. The minimum absolute atomic E-state index is 0.00859. The Labute approximate surface area is 160 Å². The molecule has 0 saturated carbocycles. The van der Waals surface area contributed by atoms with E-state index in [1.807, 2.05) is 0 Å². The van der Waals surface area contributed by atoms with Crippen molar-refractivity contribution in [1.82, 2.24) is 10.2 Å². The third-order valence-electron chi connectivity index (χ3n) is 6.43. The van der Waals surface area contributed by atoms with Gasteiger partial charge in [-0.25, -0.2) is 0 Å². The molecule has 5 rings (SSSR count). The van der Waals surface area contributed by atoms with Crippen LogP contribution >= 0.6 is 0 Å². The number of benzene rings is 1. The number of azo groups is 1. The van der Waals surface area contributed by atoms with E-state index in [0.29, 0.717) is 18.7 Å². The highest BCUT2D eigenvalue weighted by Crippen LogP contribution is 2.54. The molecule has 5 heteroatoms. The lowest BCUT2D eigenvalue weighted by Crippen LogP contribution is -2.62. The largest absolute Gasteiger partial charge is 0.342 e. The second-order valence-corrected chi connectivity index (χ2v) is 9.17. The lowest BCUT2D eigenvalue weighted by atomic mass is 9.60. The monoisotopic (exact) mass is 362 g/mol. The molecule has 140 valence electrons. The summed E-state index contributed by atoms with van der Waals surface area (Å²) in [7, 11) is 0. The normalized spacial score (nSPS) is 25.3. The first kappa shape index (κ1) is 16.9. The summed E-state index contributed by atoms with van der Waals surface area (Å²) in [5, 5.41) is 12.1. The lowest BCUT2D eigenvalue weighted by Gasteiger charge is -2.55. The van der Waals surface area contributed by atoms with Crippen molar-refractivity contribution >= 4 is 5.78 Å². The Balaban J connectivity index is 1.40. The second-order valence-electron chi connectivity index (χ2n) is 9.17. The number of carbonyl (C=O) groups is 1. The van der Waals surface area contributed by atoms with Crippen LogP contribution in [-0.4, -0.2) is 36.9 Å². The maximum Gasteiger partial charge on any atom is 0.162 e. The van der Waals surface area contributed by atoms with Crippen LogP contribution in [0.4, 0.5) is 0 Å². The van der Waals surface area contributed by atoms with Crippen LogP contribution in [0.1, 0.15) is 32.3 Å².